The van der Waals surface area contributed by atoms with Gasteiger partial charge < -0.3 is 0 Å². The molecule has 0 amide bonds. The zero-order valence-corrected chi connectivity index (χ0v) is 10.3. The molecule has 1 saturated heterocycles. The lowest BCUT2D eigenvalue weighted by Crippen LogP contribution is -2.17. The fourth-order valence-corrected chi connectivity index (χ4v) is 2.38. The van der Waals surface area contributed by atoms with Crippen LogP contribution >= 0.6 is 22.6 Å². The summed E-state index contributed by atoms with van der Waals surface area (Å²) >= 11 is 2.38. The van der Waals surface area contributed by atoms with Crippen molar-refractivity contribution >= 4 is 22.6 Å². The molecule has 0 saturated carbocycles. The topological polar surface area (TPSA) is 12.5 Å². The first-order chi connectivity index (χ1) is 6.81. The normalized spacial score (nSPS) is 28.1. The Morgan fingerprint density at radius 3 is 2.71 bits per heavy atom. The van der Waals surface area contributed by atoms with Crippen LogP contribution in [-0.2, 0) is 4.84 Å². The molecule has 1 fully saturated rings. The van der Waals surface area contributed by atoms with Crippen LogP contribution in [0.15, 0.2) is 30.3 Å². The molecule has 0 aromatic heterocycles. The third kappa shape index (κ3) is 2.10. The van der Waals surface area contributed by atoms with E-state index in [1.54, 1.807) is 0 Å². The van der Waals surface area contributed by atoms with Crippen LogP contribution in [0, 0.1) is 0 Å². The fraction of sp³-hybridized carbons (Fsp3) is 0.455. The molecule has 1 aliphatic rings. The van der Waals surface area contributed by atoms with Crippen LogP contribution in [0.25, 0.3) is 0 Å². The van der Waals surface area contributed by atoms with Gasteiger partial charge in [0.25, 0.3) is 0 Å². The summed E-state index contributed by atoms with van der Waals surface area (Å²) in [7, 11) is 2.02. The van der Waals surface area contributed by atoms with Gasteiger partial charge in [-0.3, -0.25) is 4.84 Å². The van der Waals surface area contributed by atoms with Gasteiger partial charge in [-0.25, -0.2) is 0 Å². The zero-order chi connectivity index (χ0) is 9.97. The van der Waals surface area contributed by atoms with Crippen molar-refractivity contribution in [2.45, 2.75) is 18.6 Å². The molecule has 0 unspecified atom stereocenters. The average Bonchev–Trinajstić information content (AvgIpc) is 2.61. The van der Waals surface area contributed by atoms with E-state index in [2.05, 4.69) is 52.9 Å². The second-order valence-electron chi connectivity index (χ2n) is 3.59. The molecule has 1 aliphatic heterocycles. The van der Waals surface area contributed by atoms with E-state index < -0.39 is 0 Å². The van der Waals surface area contributed by atoms with Gasteiger partial charge in [-0.2, -0.15) is 5.06 Å². The predicted molar refractivity (Wildman–Crippen MR) is 65.3 cm³/mol. The minimum Gasteiger partial charge on any atom is -0.294 e. The van der Waals surface area contributed by atoms with Crippen LogP contribution < -0.4 is 0 Å². The maximum absolute atomic E-state index is 5.70. The van der Waals surface area contributed by atoms with Crippen molar-refractivity contribution in [1.82, 2.24) is 5.06 Å². The van der Waals surface area contributed by atoms with Gasteiger partial charge in [-0.05, 0) is 12.0 Å². The number of benzene rings is 1. The second-order valence-corrected chi connectivity index (χ2v) is 4.47. The maximum Gasteiger partial charge on any atom is 0.0901 e. The third-order valence-corrected chi connectivity index (χ3v) is 3.58. The van der Waals surface area contributed by atoms with Gasteiger partial charge in [0.2, 0.25) is 0 Å². The molecular weight excluding hydrogens is 289 g/mol. The number of hydrogen-bond acceptors (Lipinski definition) is 2. The molecule has 1 aromatic rings. The number of rotatable bonds is 2. The Kier molecular flexibility index (Phi) is 3.41. The van der Waals surface area contributed by atoms with Crippen LogP contribution in [0.1, 0.15) is 18.0 Å². The zero-order valence-electron chi connectivity index (χ0n) is 8.19. The molecule has 0 aliphatic carbocycles. The summed E-state index contributed by atoms with van der Waals surface area (Å²) in [5.74, 6) is 0. The molecule has 0 bridgehead atoms. The first-order valence-electron chi connectivity index (χ1n) is 4.82. The standard InChI is InChI=1S/C11H14INO/c1-13-11(7-10(8-12)14-13)9-5-3-2-4-6-9/h2-6,10-11H,7-8H2,1H3/t10-,11-/m1/s1. The predicted octanol–water partition coefficient (Wildman–Crippen LogP) is 2.80. The molecule has 3 heteroatoms. The van der Waals surface area contributed by atoms with Gasteiger partial charge in [0, 0.05) is 11.5 Å². The van der Waals surface area contributed by atoms with E-state index in [0.717, 1.165) is 10.8 Å². The molecule has 1 heterocycles. The highest BCUT2D eigenvalue weighted by Crippen LogP contribution is 2.32. The van der Waals surface area contributed by atoms with E-state index in [1.165, 1.54) is 5.56 Å². The van der Waals surface area contributed by atoms with Crippen molar-refractivity contribution in [1.29, 1.82) is 0 Å². The Balaban J connectivity index is 2.13. The maximum atomic E-state index is 5.70. The van der Waals surface area contributed by atoms with E-state index in [1.807, 2.05) is 12.1 Å². The van der Waals surface area contributed by atoms with Crippen LogP contribution in [0.4, 0.5) is 0 Å². The molecule has 0 radical (unpaired) electrons. The van der Waals surface area contributed by atoms with Crippen molar-refractivity contribution in [2.24, 2.45) is 0 Å². The van der Waals surface area contributed by atoms with Gasteiger partial charge >= 0.3 is 0 Å². The van der Waals surface area contributed by atoms with E-state index >= 15 is 0 Å². The van der Waals surface area contributed by atoms with E-state index in [9.17, 15) is 0 Å². The van der Waals surface area contributed by atoms with E-state index in [0.29, 0.717) is 12.1 Å². The smallest absolute Gasteiger partial charge is 0.0901 e. The molecule has 14 heavy (non-hydrogen) atoms. The minimum absolute atomic E-state index is 0.380. The molecule has 2 atom stereocenters. The van der Waals surface area contributed by atoms with Gasteiger partial charge in [0.1, 0.15) is 0 Å². The summed E-state index contributed by atoms with van der Waals surface area (Å²) in [4.78, 5) is 5.70. The summed E-state index contributed by atoms with van der Waals surface area (Å²) < 4.78 is 1.06. The lowest BCUT2D eigenvalue weighted by atomic mass is 10.0. The van der Waals surface area contributed by atoms with Crippen LogP contribution in [0.3, 0.4) is 0 Å². The van der Waals surface area contributed by atoms with Crippen LogP contribution in [0.2, 0.25) is 0 Å². The fourth-order valence-electron chi connectivity index (χ4n) is 1.86. The van der Waals surface area contributed by atoms with Crippen molar-refractivity contribution < 1.29 is 4.84 Å². The number of hydrogen-bond donors (Lipinski definition) is 0. The Labute approximate surface area is 98.3 Å². The monoisotopic (exact) mass is 303 g/mol. The molecular formula is C11H14INO. The summed E-state index contributed by atoms with van der Waals surface area (Å²) in [6, 6.07) is 11.0. The van der Waals surface area contributed by atoms with Crippen molar-refractivity contribution in [3.05, 3.63) is 35.9 Å². The molecule has 0 N–H and O–H groups in total. The second kappa shape index (κ2) is 4.59. The molecule has 2 nitrogen and oxygen atoms in total. The largest absolute Gasteiger partial charge is 0.294 e. The minimum atomic E-state index is 0.380. The van der Waals surface area contributed by atoms with Gasteiger partial charge in [0.15, 0.2) is 0 Å². The number of halogens is 1. The summed E-state index contributed by atoms with van der Waals surface area (Å²) in [5, 5.41) is 1.98. The summed E-state index contributed by atoms with van der Waals surface area (Å²) in [5.41, 5.74) is 1.35. The quantitative estimate of drug-likeness (QED) is 0.615. The highest BCUT2D eigenvalue weighted by atomic mass is 127. The van der Waals surface area contributed by atoms with Crippen LogP contribution in [0.5, 0.6) is 0 Å². The highest BCUT2D eigenvalue weighted by molar-refractivity contribution is 14.1. The first kappa shape index (κ1) is 10.4. The van der Waals surface area contributed by atoms with Crippen molar-refractivity contribution in [2.75, 3.05) is 11.5 Å². The number of alkyl halides is 1. The molecule has 0 spiro atoms. The Morgan fingerprint density at radius 1 is 1.43 bits per heavy atom. The third-order valence-electron chi connectivity index (χ3n) is 2.60. The average molecular weight is 303 g/mol. The van der Waals surface area contributed by atoms with Crippen LogP contribution in [-0.4, -0.2) is 22.6 Å². The Bertz CT molecular complexity index is 291. The van der Waals surface area contributed by atoms with Crippen molar-refractivity contribution in [3.63, 3.8) is 0 Å². The SMILES string of the molecule is CN1O[C@@H](CI)C[C@@H]1c1ccccc1. The number of nitrogens with zero attached hydrogens (tertiary/aromatic N) is 1. The summed E-state index contributed by atoms with van der Waals surface area (Å²) in [6.07, 6.45) is 1.48. The van der Waals surface area contributed by atoms with E-state index in [4.69, 9.17) is 4.84 Å². The van der Waals surface area contributed by atoms with Crippen molar-refractivity contribution in [3.8, 4) is 0 Å². The lowest BCUT2D eigenvalue weighted by molar-refractivity contribution is -0.136. The lowest BCUT2D eigenvalue weighted by Gasteiger charge is -2.17. The summed E-state index contributed by atoms with van der Waals surface area (Å²) in [6.45, 7) is 0. The Morgan fingerprint density at radius 2 is 2.14 bits per heavy atom. The first-order valence-corrected chi connectivity index (χ1v) is 6.34. The van der Waals surface area contributed by atoms with E-state index in [-0.39, 0.29) is 0 Å². The van der Waals surface area contributed by atoms with Gasteiger partial charge in [0.05, 0.1) is 12.1 Å². The highest BCUT2D eigenvalue weighted by Gasteiger charge is 2.30. The Hall–Kier alpha value is -0.130. The van der Waals surface area contributed by atoms with Gasteiger partial charge in [-0.15, -0.1) is 0 Å². The number of hydroxylamine groups is 2. The molecule has 2 rings (SSSR count). The molecule has 76 valence electrons. The molecule has 1 aromatic carbocycles. The van der Waals surface area contributed by atoms with Gasteiger partial charge in [-0.1, -0.05) is 52.9 Å².